The zero-order valence-electron chi connectivity index (χ0n) is 14.2. The third-order valence-corrected chi connectivity index (χ3v) is 3.53. The van der Waals surface area contributed by atoms with Gasteiger partial charge >= 0.3 is 5.97 Å². The molecule has 0 saturated heterocycles. The lowest BCUT2D eigenvalue weighted by Crippen LogP contribution is -2.27. The molecular formula is C18H21N3O3. The van der Waals surface area contributed by atoms with Crippen molar-refractivity contribution < 1.29 is 14.7 Å². The number of carboxylic acid groups (broad SMARTS) is 1. The molecule has 0 bridgehead atoms. The van der Waals surface area contributed by atoms with Gasteiger partial charge in [-0.3, -0.25) is 9.48 Å². The molecule has 1 heterocycles. The molecule has 1 aromatic heterocycles. The Kier molecular flexibility index (Phi) is 4.87. The topological polar surface area (TPSA) is 84.2 Å². The van der Waals surface area contributed by atoms with Gasteiger partial charge in [0, 0.05) is 24.4 Å². The summed E-state index contributed by atoms with van der Waals surface area (Å²) in [6.45, 7) is 6.25. The minimum Gasteiger partial charge on any atom is -0.477 e. The summed E-state index contributed by atoms with van der Waals surface area (Å²) in [6, 6.07) is 7.14. The lowest BCUT2D eigenvalue weighted by Gasteiger charge is -2.19. The molecule has 2 rings (SSSR count). The number of amides is 1. The molecule has 0 unspecified atom stereocenters. The third kappa shape index (κ3) is 4.32. The van der Waals surface area contributed by atoms with Crippen LogP contribution in [0, 0.1) is 0 Å². The molecule has 24 heavy (non-hydrogen) atoms. The highest BCUT2D eigenvalue weighted by Gasteiger charge is 2.16. The second kappa shape index (κ2) is 6.70. The molecule has 1 amide bonds. The zero-order valence-corrected chi connectivity index (χ0v) is 14.2. The highest BCUT2D eigenvalue weighted by atomic mass is 16.4. The van der Waals surface area contributed by atoms with Crippen LogP contribution in [0.5, 0.6) is 0 Å². The van der Waals surface area contributed by atoms with Crippen molar-refractivity contribution in [3.63, 3.8) is 0 Å². The van der Waals surface area contributed by atoms with Crippen molar-refractivity contribution in [1.82, 2.24) is 15.1 Å². The van der Waals surface area contributed by atoms with Crippen LogP contribution in [0.25, 0.3) is 6.08 Å². The fraction of sp³-hybridized carbons (Fsp3) is 0.278. The number of benzene rings is 1. The molecule has 6 heteroatoms. The lowest BCUT2D eigenvalue weighted by atomic mass is 9.87. The first-order valence-electron chi connectivity index (χ1n) is 7.52. The van der Waals surface area contributed by atoms with E-state index in [2.05, 4.69) is 31.2 Å². The van der Waals surface area contributed by atoms with Crippen LogP contribution in [0.4, 0.5) is 0 Å². The van der Waals surface area contributed by atoms with Gasteiger partial charge < -0.3 is 10.4 Å². The van der Waals surface area contributed by atoms with Gasteiger partial charge in [0.2, 0.25) is 0 Å². The number of nitrogens with one attached hydrogen (secondary N) is 1. The van der Waals surface area contributed by atoms with Crippen molar-refractivity contribution in [3.8, 4) is 0 Å². The molecule has 1 aromatic carbocycles. The highest BCUT2D eigenvalue weighted by molar-refractivity contribution is 6.02. The Bertz CT molecular complexity index is 781. The lowest BCUT2D eigenvalue weighted by molar-refractivity contribution is -0.132. The maximum atomic E-state index is 12.3. The Labute approximate surface area is 140 Å². The number of hydrogen-bond donors (Lipinski definition) is 2. The van der Waals surface area contributed by atoms with Crippen molar-refractivity contribution in [3.05, 3.63) is 59.0 Å². The van der Waals surface area contributed by atoms with Gasteiger partial charge in [-0.25, -0.2) is 4.79 Å². The van der Waals surface area contributed by atoms with E-state index in [9.17, 15) is 14.7 Å². The Hall–Kier alpha value is -2.89. The summed E-state index contributed by atoms with van der Waals surface area (Å²) in [7, 11) is 1.73. The third-order valence-electron chi connectivity index (χ3n) is 3.53. The molecule has 0 aliphatic heterocycles. The Morgan fingerprint density at radius 1 is 1.21 bits per heavy atom. The largest absolute Gasteiger partial charge is 0.477 e. The van der Waals surface area contributed by atoms with Crippen LogP contribution < -0.4 is 5.32 Å². The Balaban J connectivity index is 2.19. The zero-order chi connectivity index (χ0) is 17.9. The van der Waals surface area contributed by atoms with Crippen molar-refractivity contribution in [2.45, 2.75) is 26.2 Å². The molecule has 126 valence electrons. The standard InChI is InChI=1S/C18H21N3O3/c1-18(2,3)14-7-5-13(6-8-14)16(22)20-15(17(23)24)9-12-10-19-21(4)11-12/h5-11H,1-4H3,(H,20,22)(H,23,24). The first-order chi connectivity index (χ1) is 11.2. The number of carboxylic acids is 1. The van der Waals surface area contributed by atoms with Crippen LogP contribution in [0.2, 0.25) is 0 Å². The monoisotopic (exact) mass is 327 g/mol. The fourth-order valence-corrected chi connectivity index (χ4v) is 2.15. The Morgan fingerprint density at radius 2 is 1.83 bits per heavy atom. The van der Waals surface area contributed by atoms with Crippen LogP contribution in [0.15, 0.2) is 42.4 Å². The molecular weight excluding hydrogens is 306 g/mol. The summed E-state index contributed by atoms with van der Waals surface area (Å²) < 4.78 is 1.55. The normalized spacial score (nSPS) is 12.1. The number of rotatable bonds is 4. The van der Waals surface area contributed by atoms with Gasteiger partial charge in [0.15, 0.2) is 0 Å². The predicted molar refractivity (Wildman–Crippen MR) is 91.4 cm³/mol. The van der Waals surface area contributed by atoms with Crippen LogP contribution in [0.1, 0.15) is 42.3 Å². The summed E-state index contributed by atoms with van der Waals surface area (Å²) in [5.74, 6) is -1.67. The number of hydrogen-bond acceptors (Lipinski definition) is 3. The maximum Gasteiger partial charge on any atom is 0.352 e. The number of aliphatic carboxylic acids is 1. The molecule has 0 spiro atoms. The summed E-state index contributed by atoms with van der Waals surface area (Å²) in [6.07, 6.45) is 4.55. The van der Waals surface area contributed by atoms with Gasteiger partial charge in [-0.15, -0.1) is 0 Å². The van der Waals surface area contributed by atoms with E-state index < -0.39 is 11.9 Å². The second-order valence-corrected chi connectivity index (χ2v) is 6.59. The van der Waals surface area contributed by atoms with Gasteiger partial charge in [0.1, 0.15) is 5.70 Å². The van der Waals surface area contributed by atoms with Crippen LogP contribution >= 0.6 is 0 Å². The van der Waals surface area contributed by atoms with Gasteiger partial charge in [-0.1, -0.05) is 32.9 Å². The average molecular weight is 327 g/mol. The molecule has 0 aliphatic carbocycles. The van der Waals surface area contributed by atoms with Crippen molar-refractivity contribution in [2.75, 3.05) is 0 Å². The molecule has 0 aliphatic rings. The van der Waals surface area contributed by atoms with Gasteiger partial charge in [0.05, 0.1) is 6.20 Å². The minimum absolute atomic E-state index is 0.0125. The second-order valence-electron chi connectivity index (χ2n) is 6.59. The van der Waals surface area contributed by atoms with Crippen LogP contribution in [-0.2, 0) is 17.3 Å². The number of carbonyl (C=O) groups is 2. The molecule has 0 radical (unpaired) electrons. The van der Waals surface area contributed by atoms with Crippen LogP contribution in [0.3, 0.4) is 0 Å². The Morgan fingerprint density at radius 3 is 2.29 bits per heavy atom. The average Bonchev–Trinajstić information content (AvgIpc) is 2.91. The van der Waals surface area contributed by atoms with Gasteiger partial charge in [-0.05, 0) is 29.2 Å². The quantitative estimate of drug-likeness (QED) is 0.845. The van der Waals surface area contributed by atoms with E-state index in [1.165, 1.54) is 12.3 Å². The molecule has 6 nitrogen and oxygen atoms in total. The smallest absolute Gasteiger partial charge is 0.352 e. The van der Waals surface area contributed by atoms with E-state index in [0.717, 1.165) is 5.56 Å². The summed E-state index contributed by atoms with van der Waals surface area (Å²) >= 11 is 0. The van der Waals surface area contributed by atoms with Gasteiger partial charge in [0.25, 0.3) is 5.91 Å². The predicted octanol–water partition coefficient (Wildman–Crippen LogP) is 2.57. The number of aryl methyl sites for hydroxylation is 1. The summed E-state index contributed by atoms with van der Waals surface area (Å²) in [5.41, 5.74) is 1.89. The van der Waals surface area contributed by atoms with Crippen molar-refractivity contribution in [2.24, 2.45) is 7.05 Å². The van der Waals surface area contributed by atoms with E-state index >= 15 is 0 Å². The molecule has 0 saturated carbocycles. The van der Waals surface area contributed by atoms with Crippen molar-refractivity contribution in [1.29, 1.82) is 0 Å². The first-order valence-corrected chi connectivity index (χ1v) is 7.52. The first kappa shape index (κ1) is 17.5. The molecule has 2 aromatic rings. The van der Waals surface area contributed by atoms with E-state index in [-0.39, 0.29) is 11.1 Å². The highest BCUT2D eigenvalue weighted by Crippen LogP contribution is 2.22. The van der Waals surface area contributed by atoms with E-state index in [1.54, 1.807) is 30.1 Å². The maximum absolute atomic E-state index is 12.3. The van der Waals surface area contributed by atoms with Crippen molar-refractivity contribution >= 4 is 18.0 Å². The number of aromatic nitrogens is 2. The molecule has 0 fully saturated rings. The van der Waals surface area contributed by atoms with E-state index in [1.807, 2.05) is 12.1 Å². The summed E-state index contributed by atoms with van der Waals surface area (Å²) in [5, 5.41) is 15.7. The van der Waals surface area contributed by atoms with E-state index in [0.29, 0.717) is 11.1 Å². The molecule has 2 N–H and O–H groups in total. The van der Waals surface area contributed by atoms with Gasteiger partial charge in [-0.2, -0.15) is 5.10 Å². The SMILES string of the molecule is Cn1cc(C=C(NC(=O)c2ccc(C(C)(C)C)cc2)C(=O)O)cn1. The number of nitrogens with zero attached hydrogens (tertiary/aromatic N) is 2. The summed E-state index contributed by atoms with van der Waals surface area (Å²) in [4.78, 5) is 23.6. The van der Waals surface area contributed by atoms with Crippen LogP contribution in [-0.4, -0.2) is 26.8 Å². The fourth-order valence-electron chi connectivity index (χ4n) is 2.15. The van der Waals surface area contributed by atoms with E-state index in [4.69, 9.17) is 0 Å². The number of carbonyl (C=O) groups excluding carboxylic acids is 1. The minimum atomic E-state index is -1.21. The molecule has 0 atom stereocenters.